The first kappa shape index (κ1) is 17.4. The number of rotatable bonds is 5. The summed E-state index contributed by atoms with van der Waals surface area (Å²) in [6.07, 6.45) is 5.40. The third-order valence-electron chi connectivity index (χ3n) is 4.36. The van der Waals surface area contributed by atoms with E-state index < -0.39 is 0 Å². The van der Waals surface area contributed by atoms with Crippen molar-refractivity contribution in [3.8, 4) is 11.1 Å². The molecule has 0 aliphatic carbocycles. The molecule has 1 N–H and O–H groups in total. The second kappa shape index (κ2) is 7.32. The van der Waals surface area contributed by atoms with E-state index >= 15 is 0 Å². The molecular formula is C20H19ClN6. The van der Waals surface area contributed by atoms with Gasteiger partial charge in [0.05, 0.1) is 6.33 Å². The van der Waals surface area contributed by atoms with E-state index in [1.54, 1.807) is 12.5 Å². The zero-order valence-electron chi connectivity index (χ0n) is 15.1. The number of anilines is 1. The molecule has 0 radical (unpaired) electrons. The summed E-state index contributed by atoms with van der Waals surface area (Å²) in [5, 5.41) is 3.54. The maximum absolute atomic E-state index is 6.12. The van der Waals surface area contributed by atoms with Gasteiger partial charge in [-0.15, -0.1) is 0 Å². The van der Waals surface area contributed by atoms with Gasteiger partial charge in [0.25, 0.3) is 0 Å². The first-order valence-corrected chi connectivity index (χ1v) is 9.13. The Morgan fingerprint density at radius 3 is 2.59 bits per heavy atom. The number of hydrogen-bond acceptors (Lipinski definition) is 5. The molecule has 4 rings (SSSR count). The zero-order valence-corrected chi connectivity index (χ0v) is 15.9. The first-order chi connectivity index (χ1) is 13.1. The zero-order chi connectivity index (χ0) is 18.8. The summed E-state index contributed by atoms with van der Waals surface area (Å²) in [5.74, 6) is 0.640. The van der Waals surface area contributed by atoms with Crippen LogP contribution in [0.5, 0.6) is 0 Å². The summed E-state index contributed by atoms with van der Waals surface area (Å²) in [7, 11) is 0. The number of aromatic nitrogens is 5. The number of fused-ring (bicyclic) bond motifs is 1. The fraction of sp³-hybridized carbons (Fsp3) is 0.200. The Morgan fingerprint density at radius 2 is 1.89 bits per heavy atom. The van der Waals surface area contributed by atoms with Gasteiger partial charge in [0.2, 0.25) is 5.28 Å². The normalized spacial score (nSPS) is 11.3. The van der Waals surface area contributed by atoms with Crippen LogP contribution in [0.3, 0.4) is 0 Å². The maximum atomic E-state index is 6.12. The van der Waals surface area contributed by atoms with Crippen LogP contribution in [0.15, 0.2) is 55.1 Å². The minimum absolute atomic E-state index is 0.208. The lowest BCUT2D eigenvalue weighted by Crippen LogP contribution is -2.05. The molecule has 0 fully saturated rings. The van der Waals surface area contributed by atoms with Crippen LogP contribution in [0.25, 0.3) is 22.3 Å². The number of halogens is 1. The lowest BCUT2D eigenvalue weighted by Gasteiger charge is -2.10. The molecule has 3 aromatic heterocycles. The van der Waals surface area contributed by atoms with Gasteiger partial charge in [0, 0.05) is 25.0 Å². The van der Waals surface area contributed by atoms with Crippen molar-refractivity contribution in [3.63, 3.8) is 0 Å². The van der Waals surface area contributed by atoms with E-state index in [1.807, 2.05) is 22.9 Å². The van der Waals surface area contributed by atoms with E-state index in [2.05, 4.69) is 63.4 Å². The number of hydrogen-bond donors (Lipinski definition) is 1. The molecule has 0 spiro atoms. The predicted molar refractivity (Wildman–Crippen MR) is 108 cm³/mol. The van der Waals surface area contributed by atoms with Crippen LogP contribution in [-0.2, 0) is 6.54 Å². The highest BCUT2D eigenvalue weighted by Gasteiger charge is 2.14. The average Bonchev–Trinajstić information content (AvgIpc) is 3.11. The SMILES string of the molecule is CC(C)n1cnc2c(NCc3ccc(-c4cccnc4)cc3)nc(Cl)nc21. The topological polar surface area (TPSA) is 68.5 Å². The Morgan fingerprint density at radius 1 is 1.07 bits per heavy atom. The fourth-order valence-corrected chi connectivity index (χ4v) is 3.09. The molecule has 0 saturated carbocycles. The summed E-state index contributed by atoms with van der Waals surface area (Å²) in [6.45, 7) is 4.77. The summed E-state index contributed by atoms with van der Waals surface area (Å²) >= 11 is 6.12. The Kier molecular flexibility index (Phi) is 4.73. The van der Waals surface area contributed by atoms with E-state index in [4.69, 9.17) is 11.6 Å². The molecule has 6 nitrogen and oxygen atoms in total. The Bertz CT molecular complexity index is 1060. The molecule has 0 atom stereocenters. The first-order valence-electron chi connectivity index (χ1n) is 8.75. The van der Waals surface area contributed by atoms with Crippen LogP contribution >= 0.6 is 11.6 Å². The summed E-state index contributed by atoms with van der Waals surface area (Å²) in [4.78, 5) is 17.3. The molecule has 3 heterocycles. The van der Waals surface area contributed by atoms with Crippen molar-refractivity contribution in [3.05, 3.63) is 66.0 Å². The smallest absolute Gasteiger partial charge is 0.226 e. The van der Waals surface area contributed by atoms with Gasteiger partial charge in [-0.3, -0.25) is 4.98 Å². The minimum Gasteiger partial charge on any atom is -0.364 e. The number of imidazole rings is 1. The van der Waals surface area contributed by atoms with Gasteiger partial charge >= 0.3 is 0 Å². The van der Waals surface area contributed by atoms with Crippen LogP contribution in [0.2, 0.25) is 5.28 Å². The molecule has 0 bridgehead atoms. The monoisotopic (exact) mass is 378 g/mol. The average molecular weight is 379 g/mol. The largest absolute Gasteiger partial charge is 0.364 e. The summed E-state index contributed by atoms with van der Waals surface area (Å²) < 4.78 is 1.98. The number of nitrogens with zero attached hydrogens (tertiary/aromatic N) is 5. The van der Waals surface area contributed by atoms with Crippen LogP contribution < -0.4 is 5.32 Å². The van der Waals surface area contributed by atoms with Crippen LogP contribution in [-0.4, -0.2) is 24.5 Å². The van der Waals surface area contributed by atoms with Gasteiger partial charge in [-0.1, -0.05) is 30.3 Å². The van der Waals surface area contributed by atoms with Crippen molar-refractivity contribution in [2.24, 2.45) is 0 Å². The molecule has 27 heavy (non-hydrogen) atoms. The van der Waals surface area contributed by atoms with Crippen LogP contribution in [0, 0.1) is 0 Å². The van der Waals surface area contributed by atoms with Crippen molar-refractivity contribution in [2.75, 3.05) is 5.32 Å². The van der Waals surface area contributed by atoms with Crippen molar-refractivity contribution < 1.29 is 0 Å². The molecular weight excluding hydrogens is 360 g/mol. The third-order valence-corrected chi connectivity index (χ3v) is 4.53. The van der Waals surface area contributed by atoms with Gasteiger partial charge < -0.3 is 9.88 Å². The number of nitrogens with one attached hydrogen (secondary N) is 1. The van der Waals surface area contributed by atoms with Crippen LogP contribution in [0.1, 0.15) is 25.5 Å². The van der Waals surface area contributed by atoms with Gasteiger partial charge in [0.15, 0.2) is 17.0 Å². The van der Waals surface area contributed by atoms with E-state index in [-0.39, 0.29) is 11.3 Å². The maximum Gasteiger partial charge on any atom is 0.226 e. The van der Waals surface area contributed by atoms with Gasteiger partial charge in [0.1, 0.15) is 0 Å². The molecule has 0 aliphatic rings. The van der Waals surface area contributed by atoms with Crippen molar-refractivity contribution in [2.45, 2.75) is 26.4 Å². The minimum atomic E-state index is 0.208. The standard InChI is InChI=1S/C20H19ClN6/c1-13(2)27-12-24-17-18(25-20(21)26-19(17)27)23-10-14-5-7-15(8-6-14)16-4-3-9-22-11-16/h3-9,11-13H,10H2,1-2H3,(H,23,25,26). The molecule has 0 aliphatic heterocycles. The van der Waals surface area contributed by atoms with E-state index in [0.717, 1.165) is 27.9 Å². The molecule has 4 aromatic rings. The predicted octanol–water partition coefficient (Wildman–Crippen LogP) is 4.73. The molecule has 7 heteroatoms. The molecule has 0 saturated heterocycles. The number of pyridine rings is 1. The van der Waals surface area contributed by atoms with E-state index in [9.17, 15) is 0 Å². The van der Waals surface area contributed by atoms with E-state index in [0.29, 0.717) is 12.4 Å². The highest BCUT2D eigenvalue weighted by atomic mass is 35.5. The lowest BCUT2D eigenvalue weighted by molar-refractivity contribution is 0.612. The van der Waals surface area contributed by atoms with Crippen molar-refractivity contribution in [1.82, 2.24) is 24.5 Å². The fourth-order valence-electron chi connectivity index (χ4n) is 2.93. The second-order valence-electron chi connectivity index (χ2n) is 6.55. The molecule has 136 valence electrons. The third kappa shape index (κ3) is 3.61. The number of benzene rings is 1. The summed E-state index contributed by atoms with van der Waals surface area (Å²) in [5.41, 5.74) is 4.82. The Hall–Kier alpha value is -2.99. The quantitative estimate of drug-likeness (QED) is 0.508. The molecule has 0 unspecified atom stereocenters. The highest BCUT2D eigenvalue weighted by molar-refractivity contribution is 6.28. The molecule has 0 amide bonds. The summed E-state index contributed by atoms with van der Waals surface area (Å²) in [6, 6.07) is 12.6. The van der Waals surface area contributed by atoms with Gasteiger partial charge in [-0.2, -0.15) is 9.97 Å². The van der Waals surface area contributed by atoms with Crippen LogP contribution in [0.4, 0.5) is 5.82 Å². The van der Waals surface area contributed by atoms with Gasteiger partial charge in [-0.05, 0) is 48.2 Å². The van der Waals surface area contributed by atoms with Crippen molar-refractivity contribution >= 4 is 28.6 Å². The Balaban J connectivity index is 1.55. The van der Waals surface area contributed by atoms with Gasteiger partial charge in [-0.25, -0.2) is 4.98 Å². The molecule has 1 aromatic carbocycles. The lowest BCUT2D eigenvalue weighted by atomic mass is 10.1. The second-order valence-corrected chi connectivity index (χ2v) is 6.89. The van der Waals surface area contributed by atoms with Crippen molar-refractivity contribution in [1.29, 1.82) is 0 Å². The highest BCUT2D eigenvalue weighted by Crippen LogP contribution is 2.24. The van der Waals surface area contributed by atoms with E-state index in [1.165, 1.54) is 0 Å². The Labute approximate surface area is 162 Å².